The Morgan fingerprint density at radius 1 is 1.15 bits per heavy atom. The Morgan fingerprint density at radius 3 is 2.30 bits per heavy atom. The zero-order chi connectivity index (χ0) is 14.7. The average molecular weight is 310 g/mol. The van der Waals surface area contributed by atoms with Crippen LogP contribution >= 0.6 is 23.5 Å². The number of likely N-dealkylation sites (N-methyl/N-ethyl adjacent to an activating group) is 1. The van der Waals surface area contributed by atoms with Gasteiger partial charge < -0.3 is 5.32 Å². The van der Waals surface area contributed by atoms with Crippen molar-refractivity contribution in [2.75, 3.05) is 18.6 Å². The molecule has 1 aromatic rings. The molecule has 1 aliphatic heterocycles. The molecular formula is C17H27NS2. The summed E-state index contributed by atoms with van der Waals surface area (Å²) in [6.45, 7) is 9.10. The van der Waals surface area contributed by atoms with Gasteiger partial charge >= 0.3 is 0 Å². The van der Waals surface area contributed by atoms with E-state index in [4.69, 9.17) is 0 Å². The molecule has 112 valence electrons. The molecule has 3 unspecified atom stereocenters. The maximum absolute atomic E-state index is 3.59. The summed E-state index contributed by atoms with van der Waals surface area (Å²) in [6.07, 6.45) is 1.15. The zero-order valence-electron chi connectivity index (χ0n) is 13.3. The fourth-order valence-corrected chi connectivity index (χ4v) is 6.23. The van der Waals surface area contributed by atoms with Gasteiger partial charge in [-0.15, -0.1) is 0 Å². The maximum Gasteiger partial charge on any atom is 0.0320 e. The Balaban J connectivity index is 2.18. The van der Waals surface area contributed by atoms with Crippen LogP contribution < -0.4 is 5.32 Å². The van der Waals surface area contributed by atoms with E-state index < -0.39 is 0 Å². The van der Waals surface area contributed by atoms with Crippen molar-refractivity contribution in [1.82, 2.24) is 5.32 Å². The summed E-state index contributed by atoms with van der Waals surface area (Å²) in [5.41, 5.74) is 5.81. The predicted molar refractivity (Wildman–Crippen MR) is 95.4 cm³/mol. The summed E-state index contributed by atoms with van der Waals surface area (Å²) < 4.78 is 0. The molecule has 1 nitrogen and oxygen atoms in total. The lowest BCUT2D eigenvalue weighted by atomic mass is 9.92. The largest absolute Gasteiger partial charge is 0.316 e. The van der Waals surface area contributed by atoms with Crippen LogP contribution in [0.15, 0.2) is 12.1 Å². The number of aryl methyl sites for hydroxylation is 3. The maximum atomic E-state index is 3.59. The van der Waals surface area contributed by atoms with Gasteiger partial charge in [0.1, 0.15) is 0 Å². The molecule has 1 aromatic carbocycles. The van der Waals surface area contributed by atoms with Crippen LogP contribution in [-0.4, -0.2) is 35.1 Å². The van der Waals surface area contributed by atoms with Crippen LogP contribution in [0.5, 0.6) is 0 Å². The van der Waals surface area contributed by atoms with Gasteiger partial charge in [0.2, 0.25) is 0 Å². The van der Waals surface area contributed by atoms with Gasteiger partial charge in [-0.3, -0.25) is 0 Å². The summed E-state index contributed by atoms with van der Waals surface area (Å²) in [7, 11) is 2.12. The minimum Gasteiger partial charge on any atom is -0.316 e. The van der Waals surface area contributed by atoms with Gasteiger partial charge in [0.05, 0.1) is 0 Å². The number of hydrogen-bond acceptors (Lipinski definition) is 3. The van der Waals surface area contributed by atoms with E-state index in [0.29, 0.717) is 6.04 Å². The second-order valence-electron chi connectivity index (χ2n) is 5.89. The van der Waals surface area contributed by atoms with Crippen LogP contribution in [-0.2, 0) is 6.42 Å². The molecule has 3 atom stereocenters. The number of benzene rings is 1. The highest BCUT2D eigenvalue weighted by atomic mass is 32.2. The molecule has 0 bridgehead atoms. The predicted octanol–water partition coefficient (Wildman–Crippen LogP) is 3.98. The first-order valence-electron chi connectivity index (χ1n) is 7.50. The number of thioether (sulfide) groups is 2. The van der Waals surface area contributed by atoms with E-state index in [0.717, 1.165) is 16.9 Å². The van der Waals surface area contributed by atoms with Gasteiger partial charge in [-0.2, -0.15) is 23.5 Å². The van der Waals surface area contributed by atoms with Crippen LogP contribution in [0.2, 0.25) is 0 Å². The average Bonchev–Trinajstić information content (AvgIpc) is 2.39. The molecule has 1 fully saturated rings. The third-order valence-electron chi connectivity index (χ3n) is 4.27. The molecule has 0 radical (unpaired) electrons. The van der Waals surface area contributed by atoms with E-state index in [2.05, 4.69) is 75.7 Å². The van der Waals surface area contributed by atoms with Gasteiger partial charge in [0.15, 0.2) is 0 Å². The van der Waals surface area contributed by atoms with Gasteiger partial charge in [0.25, 0.3) is 0 Å². The zero-order valence-corrected chi connectivity index (χ0v) is 15.0. The van der Waals surface area contributed by atoms with Crippen molar-refractivity contribution < 1.29 is 0 Å². The van der Waals surface area contributed by atoms with E-state index in [1.807, 2.05) is 0 Å². The monoisotopic (exact) mass is 309 g/mol. The summed E-state index contributed by atoms with van der Waals surface area (Å²) in [5.74, 6) is 2.60. The number of hydrogen-bond donors (Lipinski definition) is 1. The molecule has 1 saturated heterocycles. The molecule has 0 aromatic heterocycles. The lowest BCUT2D eigenvalue weighted by Gasteiger charge is -2.35. The second kappa shape index (κ2) is 7.24. The minimum atomic E-state index is 0.572. The molecule has 1 aliphatic rings. The number of nitrogens with one attached hydrogen (secondary N) is 1. The molecular weight excluding hydrogens is 282 g/mol. The normalized spacial score (nSPS) is 24.6. The highest BCUT2D eigenvalue weighted by Gasteiger charge is 2.30. The second-order valence-corrected chi connectivity index (χ2v) is 8.66. The Hall–Kier alpha value is -0.120. The summed E-state index contributed by atoms with van der Waals surface area (Å²) >= 11 is 4.29. The Labute approximate surface area is 132 Å². The molecule has 0 aliphatic carbocycles. The Bertz CT molecular complexity index is 435. The number of rotatable bonds is 4. The SMILES string of the molecule is CNC(Cc1c(C)cc(C)cc1C)C1SCCSC1C. The summed E-state index contributed by atoms with van der Waals surface area (Å²) in [5, 5.41) is 5.05. The molecule has 0 spiro atoms. The first-order valence-corrected chi connectivity index (χ1v) is 9.60. The van der Waals surface area contributed by atoms with E-state index in [1.54, 1.807) is 5.56 Å². The van der Waals surface area contributed by atoms with Crippen LogP contribution in [0.25, 0.3) is 0 Å². The van der Waals surface area contributed by atoms with E-state index in [-0.39, 0.29) is 0 Å². The van der Waals surface area contributed by atoms with Gasteiger partial charge in [-0.25, -0.2) is 0 Å². The molecule has 3 heteroatoms. The van der Waals surface area contributed by atoms with Crippen molar-refractivity contribution in [3.63, 3.8) is 0 Å². The van der Waals surface area contributed by atoms with Crippen LogP contribution in [0, 0.1) is 20.8 Å². The van der Waals surface area contributed by atoms with Crippen molar-refractivity contribution in [2.24, 2.45) is 0 Å². The Kier molecular flexibility index (Phi) is 5.88. The van der Waals surface area contributed by atoms with E-state index >= 15 is 0 Å². The summed E-state index contributed by atoms with van der Waals surface area (Å²) in [4.78, 5) is 0. The summed E-state index contributed by atoms with van der Waals surface area (Å²) in [6, 6.07) is 5.21. The van der Waals surface area contributed by atoms with Gasteiger partial charge in [-0.05, 0) is 50.9 Å². The molecule has 20 heavy (non-hydrogen) atoms. The Morgan fingerprint density at radius 2 is 1.75 bits per heavy atom. The fraction of sp³-hybridized carbons (Fsp3) is 0.647. The molecule has 1 heterocycles. The topological polar surface area (TPSA) is 12.0 Å². The van der Waals surface area contributed by atoms with E-state index in [9.17, 15) is 0 Å². The van der Waals surface area contributed by atoms with E-state index in [1.165, 1.54) is 28.2 Å². The minimum absolute atomic E-state index is 0.572. The lowest BCUT2D eigenvalue weighted by molar-refractivity contribution is 0.529. The molecule has 1 N–H and O–H groups in total. The lowest BCUT2D eigenvalue weighted by Crippen LogP contribution is -2.44. The molecule has 2 rings (SSSR count). The third-order valence-corrected chi connectivity index (χ3v) is 7.52. The third kappa shape index (κ3) is 3.75. The first-order chi connectivity index (χ1) is 9.52. The highest BCUT2D eigenvalue weighted by molar-refractivity contribution is 8.07. The van der Waals surface area contributed by atoms with Crippen LogP contribution in [0.1, 0.15) is 29.2 Å². The van der Waals surface area contributed by atoms with Crippen molar-refractivity contribution in [3.05, 3.63) is 34.4 Å². The van der Waals surface area contributed by atoms with Crippen molar-refractivity contribution in [2.45, 2.75) is 50.7 Å². The molecule has 0 amide bonds. The van der Waals surface area contributed by atoms with Crippen molar-refractivity contribution in [3.8, 4) is 0 Å². The quantitative estimate of drug-likeness (QED) is 0.903. The standard InChI is InChI=1S/C17H27NS2/c1-11-8-12(2)15(13(3)9-11)10-16(18-5)17-14(4)19-6-7-20-17/h8-9,14,16-18H,6-7,10H2,1-5H3. The first kappa shape index (κ1) is 16.3. The smallest absolute Gasteiger partial charge is 0.0320 e. The van der Waals surface area contributed by atoms with Crippen molar-refractivity contribution in [1.29, 1.82) is 0 Å². The van der Waals surface area contributed by atoms with Crippen LogP contribution in [0.4, 0.5) is 0 Å². The molecule has 0 saturated carbocycles. The fourth-order valence-electron chi connectivity index (χ4n) is 3.23. The highest BCUT2D eigenvalue weighted by Crippen LogP contribution is 2.34. The van der Waals surface area contributed by atoms with Crippen molar-refractivity contribution >= 4 is 23.5 Å². The van der Waals surface area contributed by atoms with Gasteiger partial charge in [0, 0.05) is 28.0 Å². The van der Waals surface area contributed by atoms with Crippen LogP contribution in [0.3, 0.4) is 0 Å². The van der Waals surface area contributed by atoms with Gasteiger partial charge in [-0.1, -0.05) is 24.6 Å².